The Morgan fingerprint density at radius 3 is 2.40 bits per heavy atom. The molecule has 2 fully saturated rings. The number of halogens is 1. The van der Waals surface area contributed by atoms with E-state index in [9.17, 15) is 14.0 Å². The van der Waals surface area contributed by atoms with E-state index < -0.39 is 0 Å². The van der Waals surface area contributed by atoms with Gasteiger partial charge in [-0.3, -0.25) is 9.59 Å². The third-order valence-electron chi connectivity index (χ3n) is 5.18. The summed E-state index contributed by atoms with van der Waals surface area (Å²) in [5.74, 6) is -0.370. The number of carbonyl (C=O) groups is 2. The number of nitrogens with zero attached hydrogens (tertiary/aromatic N) is 2. The first-order valence-electron chi connectivity index (χ1n) is 9.07. The topological polar surface area (TPSA) is 52.7 Å². The standard InChI is InChI=1S/C19H26FN3O2/c1-22(17-6-7-17)13-10-21-18(24)14-8-11-23(12-9-14)19(25)15-2-4-16(20)5-3-15/h2-5,14,17H,6-13H2,1H3,(H,21,24). The van der Waals surface area contributed by atoms with Gasteiger partial charge in [0.15, 0.2) is 0 Å². The predicted octanol–water partition coefficient (Wildman–Crippen LogP) is 1.89. The van der Waals surface area contributed by atoms with Crippen LogP contribution in [0.5, 0.6) is 0 Å². The van der Waals surface area contributed by atoms with Gasteiger partial charge in [0.1, 0.15) is 5.82 Å². The summed E-state index contributed by atoms with van der Waals surface area (Å²) in [7, 11) is 2.10. The van der Waals surface area contributed by atoms with E-state index in [1.54, 1.807) is 4.90 Å². The molecule has 3 rings (SSSR count). The zero-order chi connectivity index (χ0) is 17.8. The van der Waals surface area contributed by atoms with Gasteiger partial charge < -0.3 is 15.1 Å². The molecule has 0 bridgehead atoms. The van der Waals surface area contributed by atoms with Crippen molar-refractivity contribution in [3.05, 3.63) is 35.6 Å². The summed E-state index contributed by atoms with van der Waals surface area (Å²) < 4.78 is 13.0. The second kappa shape index (κ2) is 7.95. The Hall–Kier alpha value is -1.95. The van der Waals surface area contributed by atoms with Crippen molar-refractivity contribution in [1.82, 2.24) is 15.1 Å². The van der Waals surface area contributed by atoms with Crippen molar-refractivity contribution in [2.24, 2.45) is 5.92 Å². The lowest BCUT2D eigenvalue weighted by atomic mass is 9.95. The number of likely N-dealkylation sites (N-methyl/N-ethyl adjacent to an activating group) is 1. The molecule has 6 heteroatoms. The number of nitrogens with one attached hydrogen (secondary N) is 1. The first kappa shape index (κ1) is 17.9. The number of amides is 2. The number of rotatable bonds is 6. The average Bonchev–Trinajstić information content (AvgIpc) is 3.47. The second-order valence-electron chi connectivity index (χ2n) is 7.08. The second-order valence-corrected chi connectivity index (χ2v) is 7.08. The highest BCUT2D eigenvalue weighted by molar-refractivity contribution is 5.94. The summed E-state index contributed by atoms with van der Waals surface area (Å²) in [5.41, 5.74) is 0.493. The fraction of sp³-hybridized carbons (Fsp3) is 0.579. The molecule has 1 saturated heterocycles. The molecule has 5 nitrogen and oxygen atoms in total. The molecule has 1 heterocycles. The van der Waals surface area contributed by atoms with Crippen LogP contribution in [0.3, 0.4) is 0 Å². The van der Waals surface area contributed by atoms with Crippen LogP contribution in [-0.4, -0.2) is 60.9 Å². The van der Waals surface area contributed by atoms with E-state index >= 15 is 0 Å². The normalized spacial score (nSPS) is 18.4. The van der Waals surface area contributed by atoms with Crippen LogP contribution >= 0.6 is 0 Å². The SMILES string of the molecule is CN(CCNC(=O)C1CCN(C(=O)c2ccc(F)cc2)CC1)C1CC1. The van der Waals surface area contributed by atoms with E-state index in [1.165, 1.54) is 37.1 Å². The number of piperidine rings is 1. The first-order chi connectivity index (χ1) is 12.0. The molecule has 136 valence electrons. The van der Waals surface area contributed by atoms with Crippen molar-refractivity contribution in [3.63, 3.8) is 0 Å². The molecule has 2 aliphatic rings. The van der Waals surface area contributed by atoms with Crippen LogP contribution in [0.15, 0.2) is 24.3 Å². The fourth-order valence-electron chi connectivity index (χ4n) is 3.32. The average molecular weight is 347 g/mol. The molecule has 0 atom stereocenters. The van der Waals surface area contributed by atoms with Crippen molar-refractivity contribution in [2.45, 2.75) is 31.7 Å². The van der Waals surface area contributed by atoms with Gasteiger partial charge in [-0.1, -0.05) is 0 Å². The number of carbonyl (C=O) groups excluding carboxylic acids is 2. The third-order valence-corrected chi connectivity index (χ3v) is 5.18. The molecule has 1 aromatic rings. The quantitative estimate of drug-likeness (QED) is 0.855. The Morgan fingerprint density at radius 2 is 1.80 bits per heavy atom. The summed E-state index contributed by atoms with van der Waals surface area (Å²) in [4.78, 5) is 28.7. The Balaban J connectivity index is 1.40. The van der Waals surface area contributed by atoms with Crippen molar-refractivity contribution in [2.75, 3.05) is 33.2 Å². The molecular weight excluding hydrogens is 321 g/mol. The van der Waals surface area contributed by atoms with Crippen molar-refractivity contribution in [3.8, 4) is 0 Å². The van der Waals surface area contributed by atoms with E-state index in [-0.39, 0.29) is 23.5 Å². The van der Waals surface area contributed by atoms with Crippen LogP contribution in [0.2, 0.25) is 0 Å². The molecular formula is C19H26FN3O2. The fourth-order valence-corrected chi connectivity index (χ4v) is 3.32. The lowest BCUT2D eigenvalue weighted by Gasteiger charge is -2.31. The summed E-state index contributed by atoms with van der Waals surface area (Å²) >= 11 is 0. The van der Waals surface area contributed by atoms with Crippen molar-refractivity contribution in [1.29, 1.82) is 0 Å². The van der Waals surface area contributed by atoms with E-state index in [4.69, 9.17) is 0 Å². The van der Waals surface area contributed by atoms with E-state index in [0.717, 1.165) is 6.54 Å². The van der Waals surface area contributed by atoms with Crippen LogP contribution in [0, 0.1) is 11.7 Å². The summed E-state index contributed by atoms with van der Waals surface area (Å²) in [5, 5.41) is 3.02. The van der Waals surface area contributed by atoms with Gasteiger partial charge in [-0.25, -0.2) is 4.39 Å². The lowest BCUT2D eigenvalue weighted by molar-refractivity contribution is -0.126. The van der Waals surface area contributed by atoms with Crippen LogP contribution in [0.4, 0.5) is 4.39 Å². The molecule has 1 N–H and O–H groups in total. The largest absolute Gasteiger partial charge is 0.355 e. The molecule has 25 heavy (non-hydrogen) atoms. The first-order valence-corrected chi connectivity index (χ1v) is 9.07. The number of benzene rings is 1. The Labute approximate surface area is 148 Å². The van der Waals surface area contributed by atoms with Gasteiger partial charge in [-0.05, 0) is 57.0 Å². The Kier molecular flexibility index (Phi) is 5.68. The van der Waals surface area contributed by atoms with E-state index in [1.807, 2.05) is 0 Å². The van der Waals surface area contributed by atoms with Gasteiger partial charge >= 0.3 is 0 Å². The Morgan fingerprint density at radius 1 is 1.16 bits per heavy atom. The zero-order valence-electron chi connectivity index (χ0n) is 14.7. The molecule has 0 radical (unpaired) electrons. The smallest absolute Gasteiger partial charge is 0.253 e. The van der Waals surface area contributed by atoms with E-state index in [0.29, 0.717) is 44.1 Å². The summed E-state index contributed by atoms with van der Waals surface area (Å²) in [6.07, 6.45) is 3.89. The number of hydrogen-bond donors (Lipinski definition) is 1. The number of likely N-dealkylation sites (tertiary alicyclic amines) is 1. The van der Waals surface area contributed by atoms with Crippen LogP contribution < -0.4 is 5.32 Å². The maximum atomic E-state index is 13.0. The van der Waals surface area contributed by atoms with Crippen LogP contribution in [0.25, 0.3) is 0 Å². The van der Waals surface area contributed by atoms with E-state index in [2.05, 4.69) is 17.3 Å². The van der Waals surface area contributed by atoms with Crippen LogP contribution in [0.1, 0.15) is 36.0 Å². The van der Waals surface area contributed by atoms with Gasteiger partial charge in [0, 0.05) is 43.7 Å². The minimum Gasteiger partial charge on any atom is -0.355 e. The highest BCUT2D eigenvalue weighted by Gasteiger charge is 2.28. The zero-order valence-corrected chi connectivity index (χ0v) is 14.7. The lowest BCUT2D eigenvalue weighted by Crippen LogP contribution is -2.44. The molecule has 1 saturated carbocycles. The maximum absolute atomic E-state index is 13.0. The molecule has 0 spiro atoms. The van der Waals surface area contributed by atoms with Gasteiger partial charge in [0.2, 0.25) is 5.91 Å². The molecule has 1 aromatic carbocycles. The highest BCUT2D eigenvalue weighted by Crippen LogP contribution is 2.24. The van der Waals surface area contributed by atoms with Gasteiger partial charge in [0.25, 0.3) is 5.91 Å². The third kappa shape index (κ3) is 4.78. The molecule has 1 aliphatic heterocycles. The van der Waals surface area contributed by atoms with Crippen molar-refractivity contribution >= 4 is 11.8 Å². The predicted molar refractivity (Wildman–Crippen MR) is 93.7 cm³/mol. The molecule has 0 unspecified atom stereocenters. The summed E-state index contributed by atoms with van der Waals surface area (Å²) in [6, 6.07) is 6.32. The minimum absolute atomic E-state index is 0.0245. The Bertz CT molecular complexity index is 608. The van der Waals surface area contributed by atoms with Crippen molar-refractivity contribution < 1.29 is 14.0 Å². The van der Waals surface area contributed by atoms with Gasteiger partial charge in [-0.2, -0.15) is 0 Å². The maximum Gasteiger partial charge on any atom is 0.253 e. The summed E-state index contributed by atoms with van der Waals surface area (Å²) in [6.45, 7) is 2.70. The van der Waals surface area contributed by atoms with Gasteiger partial charge in [-0.15, -0.1) is 0 Å². The molecule has 1 aliphatic carbocycles. The minimum atomic E-state index is -0.348. The highest BCUT2D eigenvalue weighted by atomic mass is 19.1. The van der Waals surface area contributed by atoms with Gasteiger partial charge in [0.05, 0.1) is 0 Å². The van der Waals surface area contributed by atoms with Crippen LogP contribution in [-0.2, 0) is 4.79 Å². The molecule has 0 aromatic heterocycles. The monoisotopic (exact) mass is 347 g/mol. The molecule has 2 amide bonds. The number of hydrogen-bond acceptors (Lipinski definition) is 3.